The van der Waals surface area contributed by atoms with Crippen LogP contribution in [0.25, 0.3) is 0 Å². The monoisotopic (exact) mass is 201 g/mol. The van der Waals surface area contributed by atoms with Gasteiger partial charge in [-0.1, -0.05) is 5.21 Å². The van der Waals surface area contributed by atoms with Gasteiger partial charge in [-0.2, -0.15) is 11.8 Å². The molecule has 0 amide bonds. The van der Waals surface area contributed by atoms with Gasteiger partial charge in [-0.15, -0.1) is 5.10 Å². The average molecular weight is 201 g/mol. The molecular weight excluding hydrogens is 186 g/mol. The number of aryl methyl sites for hydroxylation is 1. The first kappa shape index (κ1) is 10.5. The molecule has 0 aromatic carbocycles. The molecule has 1 aromatic rings. The molecule has 13 heavy (non-hydrogen) atoms. The summed E-state index contributed by atoms with van der Waals surface area (Å²) in [5.74, 6) is 1.13. The molecule has 0 bridgehead atoms. The predicted octanol–water partition coefficient (Wildman–Crippen LogP) is 1.08. The number of aliphatic hydroxyl groups excluding tert-OH is 1. The largest absolute Gasteiger partial charge is 0.387 e. The molecule has 1 rings (SSSR count). The Morgan fingerprint density at radius 3 is 3.00 bits per heavy atom. The van der Waals surface area contributed by atoms with Crippen LogP contribution in [0.15, 0.2) is 6.20 Å². The van der Waals surface area contributed by atoms with Crippen LogP contribution in [-0.4, -0.2) is 32.1 Å². The van der Waals surface area contributed by atoms with Gasteiger partial charge in [0.1, 0.15) is 5.69 Å². The Bertz CT molecular complexity index is 249. The van der Waals surface area contributed by atoms with Crippen molar-refractivity contribution in [1.82, 2.24) is 15.0 Å². The molecule has 1 unspecified atom stereocenters. The highest BCUT2D eigenvalue weighted by molar-refractivity contribution is 7.98. The number of aromatic nitrogens is 3. The van der Waals surface area contributed by atoms with E-state index in [9.17, 15) is 5.11 Å². The van der Waals surface area contributed by atoms with Crippen LogP contribution in [0.4, 0.5) is 0 Å². The maximum atomic E-state index is 9.19. The number of hydrogen-bond donors (Lipinski definition) is 1. The fourth-order valence-electron chi connectivity index (χ4n) is 0.985. The van der Waals surface area contributed by atoms with Crippen molar-refractivity contribution in [1.29, 1.82) is 0 Å². The Balaban J connectivity index is 2.40. The summed E-state index contributed by atoms with van der Waals surface area (Å²) >= 11 is 1.82. The van der Waals surface area contributed by atoms with Gasteiger partial charge < -0.3 is 5.11 Å². The summed E-state index contributed by atoms with van der Waals surface area (Å²) in [5, 5.41) is 16.9. The highest BCUT2D eigenvalue weighted by atomic mass is 32.2. The molecule has 0 spiro atoms. The van der Waals surface area contributed by atoms with Crippen molar-refractivity contribution in [2.45, 2.75) is 26.0 Å². The van der Waals surface area contributed by atoms with E-state index in [1.807, 2.05) is 11.8 Å². The lowest BCUT2D eigenvalue weighted by atomic mass is 10.3. The number of nitrogens with zero attached hydrogens (tertiary/aromatic N) is 3. The fourth-order valence-corrected chi connectivity index (χ4v) is 1.40. The van der Waals surface area contributed by atoms with E-state index < -0.39 is 6.10 Å². The third-order valence-electron chi connectivity index (χ3n) is 1.72. The molecule has 5 heteroatoms. The van der Waals surface area contributed by atoms with Gasteiger partial charge >= 0.3 is 0 Å². The minimum absolute atomic E-state index is 0.519. The molecule has 0 fully saturated rings. The second kappa shape index (κ2) is 5.24. The summed E-state index contributed by atoms with van der Waals surface area (Å²) in [6.45, 7) is 2.57. The van der Waals surface area contributed by atoms with Crippen LogP contribution in [-0.2, 0) is 6.54 Å². The molecule has 0 saturated carbocycles. The molecule has 0 aliphatic heterocycles. The maximum absolute atomic E-state index is 9.19. The Kier molecular flexibility index (Phi) is 4.24. The van der Waals surface area contributed by atoms with E-state index in [0.717, 1.165) is 18.7 Å². The molecule has 1 atom stereocenters. The van der Waals surface area contributed by atoms with Crippen LogP contribution in [0.1, 0.15) is 25.1 Å². The van der Waals surface area contributed by atoms with Gasteiger partial charge in [0.25, 0.3) is 0 Å². The van der Waals surface area contributed by atoms with Gasteiger partial charge in [-0.25, -0.2) is 0 Å². The van der Waals surface area contributed by atoms with Crippen LogP contribution in [0.3, 0.4) is 0 Å². The second-order valence-corrected chi connectivity index (χ2v) is 3.91. The summed E-state index contributed by atoms with van der Waals surface area (Å²) in [6.07, 6.45) is 4.45. The van der Waals surface area contributed by atoms with E-state index in [0.29, 0.717) is 5.69 Å². The highest BCUT2D eigenvalue weighted by Crippen LogP contribution is 2.06. The lowest BCUT2D eigenvalue weighted by Crippen LogP contribution is -1.99. The minimum Gasteiger partial charge on any atom is -0.387 e. The van der Waals surface area contributed by atoms with E-state index in [4.69, 9.17) is 0 Å². The third-order valence-corrected chi connectivity index (χ3v) is 2.42. The zero-order valence-corrected chi connectivity index (χ0v) is 8.79. The van der Waals surface area contributed by atoms with Crippen LogP contribution in [0, 0.1) is 0 Å². The molecule has 74 valence electrons. The first-order valence-corrected chi connectivity index (χ1v) is 5.70. The van der Waals surface area contributed by atoms with Gasteiger partial charge in [0.15, 0.2) is 0 Å². The lowest BCUT2D eigenvalue weighted by molar-refractivity contribution is 0.194. The lowest BCUT2D eigenvalue weighted by Gasteiger charge is -1.98. The predicted molar refractivity (Wildman–Crippen MR) is 53.7 cm³/mol. The zero-order chi connectivity index (χ0) is 9.68. The van der Waals surface area contributed by atoms with Crippen molar-refractivity contribution in [3.63, 3.8) is 0 Å². The summed E-state index contributed by atoms with van der Waals surface area (Å²) in [6, 6.07) is 0. The smallest absolute Gasteiger partial charge is 0.111 e. The van der Waals surface area contributed by atoms with E-state index in [1.54, 1.807) is 17.8 Å². The van der Waals surface area contributed by atoms with Gasteiger partial charge in [0, 0.05) is 6.54 Å². The van der Waals surface area contributed by atoms with E-state index >= 15 is 0 Å². The van der Waals surface area contributed by atoms with E-state index in [1.165, 1.54) is 0 Å². The topological polar surface area (TPSA) is 50.9 Å². The van der Waals surface area contributed by atoms with Crippen molar-refractivity contribution < 1.29 is 5.11 Å². The summed E-state index contributed by atoms with van der Waals surface area (Å²) in [5.41, 5.74) is 0.643. The maximum Gasteiger partial charge on any atom is 0.111 e. The minimum atomic E-state index is -0.519. The van der Waals surface area contributed by atoms with Crippen LogP contribution in [0.2, 0.25) is 0 Å². The molecule has 0 aliphatic rings. The van der Waals surface area contributed by atoms with Gasteiger partial charge in [0.2, 0.25) is 0 Å². The summed E-state index contributed by atoms with van der Waals surface area (Å²) in [7, 11) is 0. The van der Waals surface area contributed by atoms with Crippen LogP contribution < -0.4 is 0 Å². The van der Waals surface area contributed by atoms with Crippen LogP contribution >= 0.6 is 11.8 Å². The van der Waals surface area contributed by atoms with E-state index in [2.05, 4.69) is 16.6 Å². The molecule has 0 radical (unpaired) electrons. The number of aliphatic hydroxyl groups is 1. The molecule has 1 N–H and O–H groups in total. The Morgan fingerprint density at radius 1 is 1.69 bits per heavy atom. The number of hydrogen-bond acceptors (Lipinski definition) is 4. The van der Waals surface area contributed by atoms with Crippen LogP contribution in [0.5, 0.6) is 0 Å². The highest BCUT2D eigenvalue weighted by Gasteiger charge is 2.05. The van der Waals surface area contributed by atoms with Gasteiger partial charge in [0.05, 0.1) is 12.3 Å². The van der Waals surface area contributed by atoms with Crippen molar-refractivity contribution in [2.75, 3.05) is 12.0 Å². The SMILES string of the molecule is CSCCCn1cc(C(C)O)nn1. The van der Waals surface area contributed by atoms with Gasteiger partial charge in [-0.3, -0.25) is 4.68 Å². The molecule has 1 heterocycles. The first-order valence-electron chi connectivity index (χ1n) is 4.31. The molecule has 1 aromatic heterocycles. The number of thioether (sulfide) groups is 1. The molecular formula is C8H15N3OS. The Hall–Kier alpha value is -0.550. The molecule has 0 saturated heterocycles. The molecule has 0 aliphatic carbocycles. The van der Waals surface area contributed by atoms with E-state index in [-0.39, 0.29) is 0 Å². The van der Waals surface area contributed by atoms with Crippen molar-refractivity contribution in [2.24, 2.45) is 0 Å². The average Bonchev–Trinajstić information content (AvgIpc) is 2.53. The van der Waals surface area contributed by atoms with Gasteiger partial charge in [-0.05, 0) is 25.4 Å². The first-order chi connectivity index (χ1) is 6.24. The fraction of sp³-hybridized carbons (Fsp3) is 0.750. The third kappa shape index (κ3) is 3.36. The Labute approximate surface area is 82.3 Å². The quantitative estimate of drug-likeness (QED) is 0.724. The second-order valence-electron chi connectivity index (χ2n) is 2.93. The normalized spacial score (nSPS) is 13.2. The summed E-state index contributed by atoms with van der Waals surface area (Å²) < 4.78 is 1.78. The van der Waals surface area contributed by atoms with Crippen molar-refractivity contribution in [3.05, 3.63) is 11.9 Å². The Morgan fingerprint density at radius 2 is 2.46 bits per heavy atom. The zero-order valence-electron chi connectivity index (χ0n) is 7.97. The standard InChI is InChI=1S/C8H15N3OS/c1-7(12)8-6-11(10-9-8)4-3-5-13-2/h6-7,12H,3-5H2,1-2H3. The van der Waals surface area contributed by atoms with Crippen molar-refractivity contribution >= 4 is 11.8 Å². The number of rotatable bonds is 5. The van der Waals surface area contributed by atoms with Crippen molar-refractivity contribution in [3.8, 4) is 0 Å². The summed E-state index contributed by atoms with van der Waals surface area (Å²) in [4.78, 5) is 0. The molecule has 4 nitrogen and oxygen atoms in total.